The van der Waals surface area contributed by atoms with Crippen LogP contribution in [0.4, 0.5) is 0 Å². The molecule has 1 heterocycles. The van der Waals surface area contributed by atoms with Crippen molar-refractivity contribution in [2.24, 2.45) is 4.99 Å². The van der Waals surface area contributed by atoms with Gasteiger partial charge in [-0.05, 0) is 54.3 Å². The van der Waals surface area contributed by atoms with Gasteiger partial charge in [-0.15, -0.1) is 6.58 Å². The van der Waals surface area contributed by atoms with E-state index >= 15 is 0 Å². The number of rotatable bonds is 4. The Balaban J connectivity index is 1.75. The van der Waals surface area contributed by atoms with Crippen molar-refractivity contribution in [1.82, 2.24) is 4.57 Å². The second-order valence-electron chi connectivity index (χ2n) is 7.07. The van der Waals surface area contributed by atoms with Crippen LogP contribution < -0.4 is 4.80 Å². The number of hydrogen-bond acceptors (Lipinski definition) is 2. The lowest BCUT2D eigenvalue weighted by Gasteiger charge is -2.04. The van der Waals surface area contributed by atoms with Gasteiger partial charge in [0.1, 0.15) is 0 Å². The number of allylic oxidation sites excluding steroid dienone is 1. The summed E-state index contributed by atoms with van der Waals surface area (Å²) in [6.07, 6.45) is 1.84. The maximum atomic E-state index is 12.8. The number of thiazole rings is 1. The Hall–Kier alpha value is -3.24. The fourth-order valence-corrected chi connectivity index (χ4v) is 4.58. The second-order valence-corrected chi connectivity index (χ2v) is 8.05. The highest BCUT2D eigenvalue weighted by molar-refractivity contribution is 7.16. The van der Waals surface area contributed by atoms with E-state index in [9.17, 15) is 4.79 Å². The highest BCUT2D eigenvalue weighted by Crippen LogP contribution is 2.24. The SMILES string of the molecule is C=CCn1c(=NC(=O)c2ccc(-c3ccccc3)cc2)sc2c(C)cc(C)cc21. The van der Waals surface area contributed by atoms with E-state index in [0.29, 0.717) is 16.9 Å². The van der Waals surface area contributed by atoms with Crippen molar-refractivity contribution in [3.63, 3.8) is 0 Å². The number of amides is 1. The number of carbonyl (C=O) groups is 1. The highest BCUT2D eigenvalue weighted by atomic mass is 32.1. The Morgan fingerprint density at radius 2 is 1.72 bits per heavy atom. The van der Waals surface area contributed by atoms with Gasteiger partial charge in [0.15, 0.2) is 4.80 Å². The van der Waals surface area contributed by atoms with E-state index in [0.717, 1.165) is 21.3 Å². The van der Waals surface area contributed by atoms with Crippen LogP contribution in [-0.4, -0.2) is 10.5 Å². The van der Waals surface area contributed by atoms with Gasteiger partial charge in [-0.1, -0.05) is 65.9 Å². The van der Waals surface area contributed by atoms with E-state index in [4.69, 9.17) is 0 Å². The van der Waals surface area contributed by atoms with Crippen molar-refractivity contribution in [1.29, 1.82) is 0 Å². The van der Waals surface area contributed by atoms with Gasteiger partial charge in [0.25, 0.3) is 5.91 Å². The molecule has 1 amide bonds. The van der Waals surface area contributed by atoms with Crippen LogP contribution in [0.25, 0.3) is 21.3 Å². The lowest BCUT2D eigenvalue weighted by Crippen LogP contribution is -2.16. The predicted octanol–water partition coefficient (Wildman–Crippen LogP) is 5.91. The number of nitrogens with zero attached hydrogens (tertiary/aromatic N) is 2. The van der Waals surface area contributed by atoms with Crippen LogP contribution >= 0.6 is 11.3 Å². The molecule has 3 aromatic carbocycles. The maximum absolute atomic E-state index is 12.8. The van der Waals surface area contributed by atoms with E-state index in [1.54, 1.807) is 11.3 Å². The van der Waals surface area contributed by atoms with Crippen molar-refractivity contribution < 1.29 is 4.79 Å². The number of aryl methyl sites for hydroxylation is 2. The highest BCUT2D eigenvalue weighted by Gasteiger charge is 2.11. The fraction of sp³-hybridized carbons (Fsp3) is 0.120. The third-order valence-electron chi connectivity index (χ3n) is 4.86. The molecule has 0 aliphatic rings. The zero-order valence-corrected chi connectivity index (χ0v) is 17.4. The minimum Gasteiger partial charge on any atom is -0.312 e. The molecular formula is C25H22N2OS. The topological polar surface area (TPSA) is 34.4 Å². The maximum Gasteiger partial charge on any atom is 0.279 e. The Morgan fingerprint density at radius 3 is 2.41 bits per heavy atom. The summed E-state index contributed by atoms with van der Waals surface area (Å²) >= 11 is 1.55. The molecule has 29 heavy (non-hydrogen) atoms. The molecule has 0 unspecified atom stereocenters. The van der Waals surface area contributed by atoms with E-state index in [2.05, 4.69) is 54.3 Å². The first kappa shape index (κ1) is 19.1. The van der Waals surface area contributed by atoms with Crippen molar-refractivity contribution in [3.8, 4) is 11.1 Å². The molecule has 0 radical (unpaired) electrons. The van der Waals surface area contributed by atoms with Crippen molar-refractivity contribution in [3.05, 3.63) is 101 Å². The van der Waals surface area contributed by atoms with Gasteiger partial charge in [0.05, 0.1) is 10.2 Å². The molecule has 0 bridgehead atoms. The molecule has 144 valence electrons. The summed E-state index contributed by atoms with van der Waals surface area (Å²) in [4.78, 5) is 18.0. The number of hydrogen-bond donors (Lipinski definition) is 0. The van der Waals surface area contributed by atoms with Crippen LogP contribution in [0.5, 0.6) is 0 Å². The molecule has 4 rings (SSSR count). The molecule has 0 saturated carbocycles. The molecule has 3 nitrogen and oxygen atoms in total. The Morgan fingerprint density at radius 1 is 1.03 bits per heavy atom. The summed E-state index contributed by atoms with van der Waals surface area (Å²) in [5.74, 6) is -0.233. The summed E-state index contributed by atoms with van der Waals surface area (Å²) in [5.41, 5.74) is 6.28. The lowest BCUT2D eigenvalue weighted by atomic mass is 10.0. The van der Waals surface area contributed by atoms with Crippen LogP contribution in [0.15, 0.2) is 84.4 Å². The molecule has 4 heteroatoms. The number of carbonyl (C=O) groups excluding carboxylic acids is 1. The average Bonchev–Trinajstić information content (AvgIpc) is 3.06. The zero-order valence-electron chi connectivity index (χ0n) is 16.6. The summed E-state index contributed by atoms with van der Waals surface area (Å²) in [5, 5.41) is 0. The minimum atomic E-state index is -0.233. The molecular weight excluding hydrogens is 376 g/mol. The van der Waals surface area contributed by atoms with Gasteiger partial charge in [-0.25, -0.2) is 0 Å². The first-order valence-electron chi connectivity index (χ1n) is 9.53. The zero-order chi connectivity index (χ0) is 20.4. The quantitative estimate of drug-likeness (QED) is 0.393. The van der Waals surface area contributed by atoms with Crippen LogP contribution in [0, 0.1) is 13.8 Å². The molecule has 4 aromatic rings. The molecule has 0 aliphatic heterocycles. The molecule has 0 aliphatic carbocycles. The molecule has 0 fully saturated rings. The summed E-state index contributed by atoms with van der Waals surface area (Å²) < 4.78 is 3.21. The minimum absolute atomic E-state index is 0.233. The fourth-order valence-electron chi connectivity index (χ4n) is 3.49. The first-order valence-corrected chi connectivity index (χ1v) is 10.3. The number of benzene rings is 3. The van der Waals surface area contributed by atoms with Gasteiger partial charge in [0.2, 0.25) is 0 Å². The Bertz CT molecular complexity index is 1260. The molecule has 1 aromatic heterocycles. The van der Waals surface area contributed by atoms with E-state index in [1.165, 1.54) is 11.1 Å². The van der Waals surface area contributed by atoms with Crippen LogP contribution in [0.2, 0.25) is 0 Å². The summed E-state index contributed by atoms with van der Waals surface area (Å²) in [7, 11) is 0. The third-order valence-corrected chi connectivity index (χ3v) is 6.09. The number of fused-ring (bicyclic) bond motifs is 1. The third kappa shape index (κ3) is 3.84. The smallest absolute Gasteiger partial charge is 0.279 e. The summed E-state index contributed by atoms with van der Waals surface area (Å²) in [6, 6.07) is 22.0. The van der Waals surface area contributed by atoms with Gasteiger partial charge in [-0.3, -0.25) is 4.79 Å². The van der Waals surface area contributed by atoms with Gasteiger partial charge < -0.3 is 4.57 Å². The number of aromatic nitrogens is 1. The molecule has 0 atom stereocenters. The van der Waals surface area contributed by atoms with Crippen molar-refractivity contribution in [2.75, 3.05) is 0 Å². The van der Waals surface area contributed by atoms with Crippen molar-refractivity contribution in [2.45, 2.75) is 20.4 Å². The van der Waals surface area contributed by atoms with Crippen LogP contribution in [-0.2, 0) is 6.54 Å². The monoisotopic (exact) mass is 398 g/mol. The van der Waals surface area contributed by atoms with Crippen LogP contribution in [0.3, 0.4) is 0 Å². The van der Waals surface area contributed by atoms with E-state index in [1.807, 2.05) is 48.5 Å². The predicted molar refractivity (Wildman–Crippen MR) is 121 cm³/mol. The lowest BCUT2D eigenvalue weighted by molar-refractivity contribution is 0.0998. The van der Waals surface area contributed by atoms with Crippen molar-refractivity contribution >= 4 is 27.5 Å². The van der Waals surface area contributed by atoms with E-state index < -0.39 is 0 Å². The first-order chi connectivity index (χ1) is 14.1. The Kier molecular flexibility index (Phi) is 5.28. The standard InChI is InChI=1S/C25H22N2OS/c1-4-14-27-22-16-17(2)15-18(3)23(22)29-25(27)26-24(28)21-12-10-20(11-13-21)19-8-6-5-7-9-19/h4-13,15-16H,1,14H2,2-3H3. The van der Waals surface area contributed by atoms with Gasteiger partial charge >= 0.3 is 0 Å². The van der Waals surface area contributed by atoms with Crippen LogP contribution in [0.1, 0.15) is 21.5 Å². The molecule has 0 saturated heterocycles. The molecule has 0 N–H and O–H groups in total. The normalized spacial score (nSPS) is 11.7. The molecule has 0 spiro atoms. The van der Waals surface area contributed by atoms with E-state index in [-0.39, 0.29) is 5.91 Å². The largest absolute Gasteiger partial charge is 0.312 e. The summed E-state index contributed by atoms with van der Waals surface area (Å²) in [6.45, 7) is 8.65. The van der Waals surface area contributed by atoms with Gasteiger partial charge in [-0.2, -0.15) is 4.99 Å². The Labute approximate surface area is 174 Å². The van der Waals surface area contributed by atoms with Gasteiger partial charge in [0, 0.05) is 12.1 Å². The second kappa shape index (κ2) is 8.02. The average molecular weight is 399 g/mol.